The highest BCUT2D eigenvalue weighted by molar-refractivity contribution is 14.1. The second-order valence-corrected chi connectivity index (χ2v) is 9.10. The maximum absolute atomic E-state index is 12.6. The van der Waals surface area contributed by atoms with Crippen LogP contribution in [-0.4, -0.2) is 24.5 Å². The fourth-order valence-electron chi connectivity index (χ4n) is 2.86. The number of hydrogen-bond donors (Lipinski definition) is 0. The highest BCUT2D eigenvalue weighted by atomic mass is 127. The van der Waals surface area contributed by atoms with Crippen molar-refractivity contribution in [3.8, 4) is 0 Å². The fourth-order valence-corrected chi connectivity index (χ4v) is 5.18. The summed E-state index contributed by atoms with van der Waals surface area (Å²) in [5.41, 5.74) is 1.47. The molecule has 1 aromatic rings. The minimum Gasteiger partial charge on any atom is -0.443 e. The number of ether oxygens (including phenoxy) is 2. The zero-order chi connectivity index (χ0) is 15.4. The molecule has 1 fully saturated rings. The van der Waals surface area contributed by atoms with Crippen LogP contribution in [-0.2, 0) is 12.9 Å². The summed E-state index contributed by atoms with van der Waals surface area (Å²) >= 11 is 6.03. The van der Waals surface area contributed by atoms with Crippen LogP contribution in [0.5, 0.6) is 0 Å². The van der Waals surface area contributed by atoms with E-state index in [9.17, 15) is 4.79 Å². The van der Waals surface area contributed by atoms with Crippen LogP contribution < -0.4 is 4.90 Å². The van der Waals surface area contributed by atoms with Crippen LogP contribution in [0.15, 0.2) is 22.7 Å². The third kappa shape index (κ3) is 2.49. The number of nitrogens with zero attached hydrogens (tertiary/aromatic N) is 1. The number of carbonyl (C=O) groups excluding carboxylic acids is 1. The number of carbonyl (C=O) groups is 1. The molecule has 1 saturated heterocycles. The molecular formula is C15H17BrINO3. The van der Waals surface area contributed by atoms with E-state index in [2.05, 4.69) is 38.5 Å². The first-order valence-electron chi connectivity index (χ1n) is 6.86. The summed E-state index contributed by atoms with van der Waals surface area (Å²) in [6.45, 7) is 6.26. The first-order valence-corrected chi connectivity index (χ1v) is 8.73. The third-order valence-corrected chi connectivity index (χ3v) is 5.90. The molecule has 0 aromatic heterocycles. The molecule has 2 aliphatic heterocycles. The first kappa shape index (κ1) is 15.6. The Morgan fingerprint density at radius 3 is 2.90 bits per heavy atom. The molecule has 21 heavy (non-hydrogen) atoms. The Morgan fingerprint density at radius 2 is 2.24 bits per heavy atom. The number of halogens is 2. The van der Waals surface area contributed by atoms with Crippen molar-refractivity contribution < 1.29 is 14.3 Å². The first-order chi connectivity index (χ1) is 9.74. The molecule has 6 heteroatoms. The molecule has 4 nitrogen and oxygen atoms in total. The lowest BCUT2D eigenvalue weighted by molar-refractivity contribution is 0.0414. The number of benzene rings is 1. The summed E-state index contributed by atoms with van der Waals surface area (Å²) < 4.78 is 12.2. The van der Waals surface area contributed by atoms with E-state index in [1.807, 2.05) is 39.0 Å². The number of amides is 1. The largest absolute Gasteiger partial charge is 0.443 e. The molecule has 0 unspecified atom stereocenters. The van der Waals surface area contributed by atoms with Gasteiger partial charge in [0.05, 0.1) is 15.7 Å². The summed E-state index contributed by atoms with van der Waals surface area (Å²) in [6.07, 6.45) is 0.224. The quantitative estimate of drug-likeness (QED) is 0.415. The average Bonchev–Trinajstić information content (AvgIpc) is 2.79. The molecular weight excluding hydrogens is 449 g/mol. The summed E-state index contributed by atoms with van der Waals surface area (Å²) in [7, 11) is 0. The smallest absolute Gasteiger partial charge is 0.417 e. The second kappa shape index (κ2) is 5.09. The van der Waals surface area contributed by atoms with Crippen molar-refractivity contribution in [1.29, 1.82) is 0 Å². The SMILES string of the molecule is CC(C)(C)OC(=O)N1c2cccc(Br)c2[C@]2(I)CCO[C@H]12. The van der Waals surface area contributed by atoms with Crippen molar-refractivity contribution in [3.05, 3.63) is 28.2 Å². The van der Waals surface area contributed by atoms with Gasteiger partial charge in [-0.3, -0.25) is 0 Å². The summed E-state index contributed by atoms with van der Waals surface area (Å²) in [5.74, 6) is 0. The summed E-state index contributed by atoms with van der Waals surface area (Å²) in [5, 5.41) is 0. The zero-order valence-corrected chi connectivity index (χ0v) is 15.9. The average molecular weight is 466 g/mol. The number of rotatable bonds is 0. The van der Waals surface area contributed by atoms with Crippen LogP contribution in [0, 0.1) is 0 Å². The molecule has 0 N–H and O–H groups in total. The highest BCUT2D eigenvalue weighted by Crippen LogP contribution is 2.57. The molecule has 114 valence electrons. The Morgan fingerprint density at radius 1 is 1.52 bits per heavy atom. The maximum Gasteiger partial charge on any atom is 0.417 e. The van der Waals surface area contributed by atoms with Gasteiger partial charge in [0.25, 0.3) is 0 Å². The van der Waals surface area contributed by atoms with Crippen molar-refractivity contribution in [3.63, 3.8) is 0 Å². The van der Waals surface area contributed by atoms with Crippen molar-refractivity contribution in [2.24, 2.45) is 0 Å². The Hall–Kier alpha value is -0.340. The van der Waals surface area contributed by atoms with Crippen LogP contribution >= 0.6 is 38.5 Å². The molecule has 1 aromatic carbocycles. The van der Waals surface area contributed by atoms with Crippen molar-refractivity contribution in [2.75, 3.05) is 11.5 Å². The molecule has 0 aliphatic carbocycles. The van der Waals surface area contributed by atoms with E-state index in [1.165, 1.54) is 0 Å². The Kier molecular flexibility index (Phi) is 3.77. The van der Waals surface area contributed by atoms with Gasteiger partial charge in [0, 0.05) is 10.0 Å². The summed E-state index contributed by atoms with van der Waals surface area (Å²) in [4.78, 5) is 14.3. The number of alkyl halides is 1. The van der Waals surface area contributed by atoms with Crippen LogP contribution in [0.25, 0.3) is 0 Å². The summed E-state index contributed by atoms with van der Waals surface area (Å²) in [6, 6.07) is 5.89. The highest BCUT2D eigenvalue weighted by Gasteiger charge is 2.57. The molecule has 0 bridgehead atoms. The number of anilines is 1. The van der Waals surface area contributed by atoms with Gasteiger partial charge in [-0.15, -0.1) is 0 Å². The molecule has 2 atom stereocenters. The van der Waals surface area contributed by atoms with E-state index in [0.717, 1.165) is 22.1 Å². The molecule has 2 heterocycles. The number of fused-ring (bicyclic) bond motifs is 3. The van der Waals surface area contributed by atoms with E-state index in [0.29, 0.717) is 6.61 Å². The minimum atomic E-state index is -0.529. The van der Waals surface area contributed by atoms with Gasteiger partial charge in [-0.25, -0.2) is 9.69 Å². The van der Waals surface area contributed by atoms with Crippen molar-refractivity contribution >= 4 is 50.3 Å². The van der Waals surface area contributed by atoms with Gasteiger partial charge < -0.3 is 9.47 Å². The predicted octanol–water partition coefficient (Wildman–Crippen LogP) is 4.58. The van der Waals surface area contributed by atoms with Crippen molar-refractivity contribution in [1.82, 2.24) is 0 Å². The monoisotopic (exact) mass is 465 g/mol. The van der Waals surface area contributed by atoms with Gasteiger partial charge in [0.2, 0.25) is 0 Å². The number of hydrogen-bond acceptors (Lipinski definition) is 3. The molecule has 3 rings (SSSR count). The Bertz CT molecular complexity index is 601. The van der Waals surface area contributed by atoms with Crippen LogP contribution in [0.1, 0.15) is 32.8 Å². The lowest BCUT2D eigenvalue weighted by atomic mass is 9.99. The lowest BCUT2D eigenvalue weighted by Crippen LogP contribution is -2.45. The topological polar surface area (TPSA) is 38.8 Å². The molecule has 0 spiro atoms. The molecule has 2 aliphatic rings. The standard InChI is InChI=1S/C15H17BrINO3/c1-14(2,3)21-13(19)18-10-6-4-5-9(16)11(10)15(17)7-8-20-12(15)18/h4-6,12H,7-8H2,1-3H3/t12-,15+/m0/s1. The fraction of sp³-hybridized carbons (Fsp3) is 0.533. The van der Waals surface area contributed by atoms with Gasteiger partial charge in [-0.1, -0.05) is 44.6 Å². The van der Waals surface area contributed by atoms with Gasteiger partial charge in [0.1, 0.15) is 5.60 Å². The van der Waals surface area contributed by atoms with Crippen LogP contribution in [0.3, 0.4) is 0 Å². The Balaban J connectivity index is 2.07. The van der Waals surface area contributed by atoms with Crippen LogP contribution in [0.4, 0.5) is 10.5 Å². The van der Waals surface area contributed by atoms with E-state index >= 15 is 0 Å². The molecule has 0 saturated carbocycles. The van der Waals surface area contributed by atoms with Crippen LogP contribution in [0.2, 0.25) is 0 Å². The van der Waals surface area contributed by atoms with Gasteiger partial charge in [-0.2, -0.15) is 0 Å². The normalized spacial score (nSPS) is 27.5. The van der Waals surface area contributed by atoms with E-state index < -0.39 is 5.60 Å². The minimum absolute atomic E-state index is 0.218. The van der Waals surface area contributed by atoms with Gasteiger partial charge >= 0.3 is 6.09 Å². The van der Waals surface area contributed by atoms with Gasteiger partial charge in [0.15, 0.2) is 6.23 Å². The van der Waals surface area contributed by atoms with Gasteiger partial charge in [-0.05, 0) is 39.3 Å². The van der Waals surface area contributed by atoms with E-state index in [-0.39, 0.29) is 15.7 Å². The second-order valence-electron chi connectivity index (χ2n) is 6.32. The van der Waals surface area contributed by atoms with E-state index in [4.69, 9.17) is 9.47 Å². The molecule has 1 amide bonds. The predicted molar refractivity (Wildman–Crippen MR) is 92.9 cm³/mol. The molecule has 0 radical (unpaired) electrons. The maximum atomic E-state index is 12.6. The lowest BCUT2D eigenvalue weighted by Gasteiger charge is -2.29. The Labute approximate surface area is 146 Å². The van der Waals surface area contributed by atoms with Crippen molar-refractivity contribution in [2.45, 2.75) is 42.4 Å². The van der Waals surface area contributed by atoms with E-state index in [1.54, 1.807) is 4.90 Å². The third-order valence-electron chi connectivity index (χ3n) is 3.62. The zero-order valence-electron chi connectivity index (χ0n) is 12.2.